The van der Waals surface area contributed by atoms with Crippen LogP contribution in [-0.2, 0) is 91.3 Å². The number of thiazole rings is 1. The Morgan fingerprint density at radius 2 is 1.48 bits per heavy atom. The maximum atomic E-state index is 7.06. The van der Waals surface area contributed by atoms with Crippen LogP contribution in [0, 0.1) is 76.2 Å². The first-order valence-corrected chi connectivity index (χ1v) is 23.0. The second kappa shape index (κ2) is 53.7. The van der Waals surface area contributed by atoms with Crippen LogP contribution in [0.15, 0.2) is 114 Å². The number of nitrogens with one attached hydrogen (secondary N) is 1. The van der Waals surface area contributed by atoms with Gasteiger partial charge in [0.05, 0.1) is 65.2 Å². The zero-order chi connectivity index (χ0) is 64.0. The Kier molecular flexibility index (Phi) is 39.0. The van der Waals surface area contributed by atoms with E-state index in [4.69, 9.17) is 16.5 Å². The molecule has 0 saturated carbocycles. The van der Waals surface area contributed by atoms with Gasteiger partial charge in [-0.25, -0.2) is 14.4 Å². The second-order valence-corrected chi connectivity index (χ2v) is 15.0. The monoisotopic (exact) mass is 1830 g/mol. The summed E-state index contributed by atoms with van der Waals surface area (Å²) in [6.45, 7) is 19.4. The van der Waals surface area contributed by atoms with E-state index in [0.29, 0.717) is 74.8 Å². The van der Waals surface area contributed by atoms with Crippen LogP contribution in [-0.4, -0.2) is 114 Å². The SMILES string of the molecule is [3H]c1[n-]cnc1C.[3H]c1[n-]ncc1C.[3H]c1cn[n-]c1C.[3H]c1nc[n-]c1C.[3H]c1nccnc1C.[3H]c1nnnn1C.[3H]c1nnsc1C.[3H]c1nonc1C.[3H]c1nsnc1C.[3H]c1scnc1C.[3H]c1snnc1C.[3H]n1nnnc1C.[W].[W].[W].[W]. The molecule has 0 aliphatic heterocycles. The molecule has 12 aromatic heterocycles. The van der Waals surface area contributed by atoms with Crippen LogP contribution >= 0.6 is 46.1 Å². The van der Waals surface area contributed by atoms with Gasteiger partial charge in [-0.15, -0.1) is 37.4 Å². The molecule has 0 atom stereocenters. The molecule has 28 nitrogen and oxygen atoms in total. The van der Waals surface area contributed by atoms with Crippen LogP contribution in [0.25, 0.3) is 0 Å². The summed E-state index contributed by atoms with van der Waals surface area (Å²) in [7, 11) is 1.61. The van der Waals surface area contributed by atoms with Crippen molar-refractivity contribution >= 4 is 46.1 Å². The first-order valence-electron chi connectivity index (χ1n) is 25.8. The summed E-state index contributed by atoms with van der Waals surface area (Å²) in [4.78, 5) is 26.8. The number of hydrogen-bond donors (Lipinski definition) is 1. The first-order chi connectivity index (χ1) is 40.2. The van der Waals surface area contributed by atoms with Crippen molar-refractivity contribution in [2.75, 3.05) is 0 Å². The van der Waals surface area contributed by atoms with Crippen molar-refractivity contribution in [3.05, 3.63) is 171 Å². The van der Waals surface area contributed by atoms with Crippen LogP contribution in [0.5, 0.6) is 0 Å². The van der Waals surface area contributed by atoms with Crippen LogP contribution < -0.4 is 20.2 Å². The van der Waals surface area contributed by atoms with Gasteiger partial charge in [0.2, 0.25) is 0 Å². The fraction of sp³-hybridized carbons (Fsp3) is 0.293. The molecule has 0 bridgehead atoms. The zero-order valence-corrected chi connectivity index (χ0v) is 57.8. The Morgan fingerprint density at radius 1 is 0.688 bits per heavy atom. The van der Waals surface area contributed by atoms with E-state index in [1.165, 1.54) is 52.6 Å². The quantitative estimate of drug-likeness (QED) is 0.202. The Hall–Kier alpha value is -5.74. The van der Waals surface area contributed by atoms with Crippen LogP contribution in [0.3, 0.4) is 0 Å². The molecule has 0 aliphatic rings. The van der Waals surface area contributed by atoms with E-state index in [1.807, 2.05) is 20.8 Å². The van der Waals surface area contributed by atoms with Gasteiger partial charge in [-0.1, -0.05) is 74.2 Å². The zero-order valence-electron chi connectivity index (χ0n) is 54.8. The summed E-state index contributed by atoms with van der Waals surface area (Å²) in [5, 5.41) is 49.2. The summed E-state index contributed by atoms with van der Waals surface area (Å²) >= 11 is 4.80. The molecule has 77 heavy (non-hydrogen) atoms. The molecular weight excluding hydrogens is 1750 g/mol. The molecule has 0 radical (unpaired) electrons. The van der Waals surface area contributed by atoms with Crippen molar-refractivity contribution in [1.82, 2.24) is 134 Å². The third kappa shape index (κ3) is 52.1. The first kappa shape index (κ1) is 56.0. The number of hydrogen-bond acceptors (Lipinski definition) is 26. The minimum absolute atomic E-state index is 0. The Bertz CT molecular complexity index is 2720. The van der Waals surface area contributed by atoms with Gasteiger partial charge < -0.3 is 40.3 Å². The summed E-state index contributed by atoms with van der Waals surface area (Å²) < 4.78 is 103. The van der Waals surface area contributed by atoms with Gasteiger partial charge in [0.1, 0.15) is 19.2 Å². The molecule has 412 valence electrons. The predicted molar refractivity (Wildman–Crippen MR) is 273 cm³/mol. The van der Waals surface area contributed by atoms with Crippen LogP contribution in [0.1, 0.15) is 76.9 Å². The molecule has 0 unspecified atom stereocenters. The van der Waals surface area contributed by atoms with E-state index in [9.17, 15) is 0 Å². The second-order valence-electron chi connectivity index (χ2n) is 12.3. The molecule has 0 amide bonds. The third-order valence-corrected chi connectivity index (χ3v) is 8.05. The number of aromatic nitrogens is 27. The standard InChI is InChI=1S/C5H6N2.4C4H5N2.C4H5NS.C3H4N2O.3C3H4N2S.2C2H4N4.4W/c1-5-4-6-2-3-7-5;2*1-4-2-5-3-6-4;1-4-2-5-6-3-4;1-4-2-3-5-6-4;1-4-2-6-3-5-4;1-3-2-4-6-5-3;1-3-2-6-5-4-3;1-3-2-4-5-6-3;1-3-2-4-6-5-3;1-6-2-3-4-5-6;1-2-3-5-6-4-2;;;;/h2-4H,1H3;5*2-3H,1H3;5*2H,1H3;1H3,(H,3,4,5,6);;;;/q;4*-1;;;;;;;;;;;/i4T;10*2T;;;;;/hT. The molecule has 0 spiro atoms. The molecular formula is C41H55N27OS4W4-4. The van der Waals surface area contributed by atoms with Gasteiger partial charge in [0, 0.05) is 145 Å². The Labute approximate surface area is 536 Å². The van der Waals surface area contributed by atoms with Crippen molar-refractivity contribution in [2.45, 2.75) is 76.2 Å². The van der Waals surface area contributed by atoms with Gasteiger partial charge in [-0.2, -0.15) is 14.9 Å². The topological polar surface area (TPSA) is 361 Å². The van der Waals surface area contributed by atoms with Crippen molar-refractivity contribution in [2.24, 2.45) is 7.05 Å². The summed E-state index contributed by atoms with van der Waals surface area (Å²) in [5.41, 5.74) is 8.05. The maximum Gasteiger partial charge on any atom is 0.193 e. The molecule has 12 aromatic rings. The third-order valence-electron chi connectivity index (χ3n) is 5.82. The van der Waals surface area contributed by atoms with Crippen molar-refractivity contribution in [1.29, 1.82) is 0 Å². The molecule has 0 aromatic carbocycles. The summed E-state index contributed by atoms with van der Waals surface area (Å²) in [5.74, 6) is 0.500. The molecule has 0 fully saturated rings. The van der Waals surface area contributed by atoms with Gasteiger partial charge in [-0.05, 0) is 113 Å². The van der Waals surface area contributed by atoms with Crippen molar-refractivity contribution < 1.29 is 105 Å². The number of H-pyrrole nitrogens is 1. The normalized spacial score (nSPS) is 10.5. The number of aryl methyl sites for hydroxylation is 12. The van der Waals surface area contributed by atoms with Crippen molar-refractivity contribution in [3.8, 4) is 0 Å². The number of imidazole rings is 2. The van der Waals surface area contributed by atoms with E-state index in [2.05, 4.69) is 129 Å². The Morgan fingerprint density at radius 3 is 1.66 bits per heavy atom. The smallest absolute Gasteiger partial charge is 0.193 e. The molecule has 0 aliphatic carbocycles. The summed E-state index contributed by atoms with van der Waals surface area (Å²) in [6.07, 6.45) is 10.7. The van der Waals surface area contributed by atoms with Gasteiger partial charge in [-0.3, -0.25) is 15.0 Å². The molecule has 12 rings (SSSR count). The molecule has 0 saturated heterocycles. The average molecular weight is 1830 g/mol. The predicted octanol–water partition coefficient (Wildman–Crippen LogP) is 5.25. The van der Waals surface area contributed by atoms with E-state index >= 15 is 0 Å². The minimum atomic E-state index is 0. The van der Waals surface area contributed by atoms with Crippen LogP contribution in [0.4, 0.5) is 0 Å². The number of nitrogens with zero attached hydrogens (tertiary/aromatic N) is 26. The summed E-state index contributed by atoms with van der Waals surface area (Å²) in [6, 6.07) is 0.417. The van der Waals surface area contributed by atoms with E-state index in [1.54, 1.807) is 80.3 Å². The fourth-order valence-corrected chi connectivity index (χ4v) is 4.29. The van der Waals surface area contributed by atoms with E-state index in [0.717, 1.165) is 44.5 Å². The molecule has 1 N–H and O–H groups in total. The van der Waals surface area contributed by atoms with Gasteiger partial charge in [0.25, 0.3) is 0 Å². The molecule has 12 heterocycles. The largest absolute Gasteiger partial charge is 0.582 e. The van der Waals surface area contributed by atoms with Crippen molar-refractivity contribution in [3.63, 3.8) is 0 Å². The van der Waals surface area contributed by atoms with Crippen LogP contribution in [0.2, 0.25) is 1.41 Å². The van der Waals surface area contributed by atoms with Gasteiger partial charge in [0.15, 0.2) is 1.41 Å². The number of tetrazole rings is 2. The minimum Gasteiger partial charge on any atom is -0.582 e. The van der Waals surface area contributed by atoms with Gasteiger partial charge >= 0.3 is 0 Å². The molecule has 36 heteroatoms. The maximum absolute atomic E-state index is 7.06. The van der Waals surface area contributed by atoms with E-state index in [-0.39, 0.29) is 121 Å². The fourth-order valence-electron chi connectivity index (χ4n) is 2.77. The Balaban J connectivity index is -0.000000441. The van der Waals surface area contributed by atoms with E-state index < -0.39 is 0 Å². The average Bonchev–Trinajstić information content (AvgIpc) is 4.52. The number of rotatable bonds is 0. The number of aromatic amines is 1.